The summed E-state index contributed by atoms with van der Waals surface area (Å²) in [5, 5.41) is 5.92. The number of rotatable bonds is 4. The van der Waals surface area contributed by atoms with Crippen LogP contribution in [-0.4, -0.2) is 44.8 Å². The number of aromatic nitrogens is 4. The van der Waals surface area contributed by atoms with E-state index in [4.69, 9.17) is 9.84 Å². The fraction of sp³-hybridized carbons (Fsp3) is 0.227. The summed E-state index contributed by atoms with van der Waals surface area (Å²) in [5.41, 5.74) is 2.84. The van der Waals surface area contributed by atoms with Gasteiger partial charge in [-0.2, -0.15) is 5.10 Å². The zero-order valence-corrected chi connectivity index (χ0v) is 15.7. The molecule has 0 bridgehead atoms. The number of fused-ring (bicyclic) bond motifs is 1. The van der Waals surface area contributed by atoms with E-state index >= 15 is 0 Å². The highest BCUT2D eigenvalue weighted by atomic mass is 16.5. The van der Waals surface area contributed by atoms with Gasteiger partial charge in [0, 0.05) is 24.8 Å². The molecule has 2 aromatic carbocycles. The van der Waals surface area contributed by atoms with E-state index in [0.29, 0.717) is 6.04 Å². The molecule has 0 radical (unpaired) electrons. The zero-order chi connectivity index (χ0) is 18.9. The van der Waals surface area contributed by atoms with Crippen LogP contribution < -0.4 is 4.74 Å². The number of hydrogen-bond acceptors (Lipinski definition) is 5. The SMILES string of the molecule is CN1CCC(n2nc(-c3ccc(Oc4ccccc4)cc3)c3cncnc32)C1. The van der Waals surface area contributed by atoms with Gasteiger partial charge in [0.15, 0.2) is 5.65 Å². The lowest BCUT2D eigenvalue weighted by molar-refractivity contribution is 0.385. The van der Waals surface area contributed by atoms with Crippen molar-refractivity contribution in [1.29, 1.82) is 0 Å². The standard InChI is InChI=1S/C22H21N5O/c1-26-12-11-17(14-26)27-22-20(13-23-15-24-22)21(25-27)16-7-9-19(10-8-16)28-18-5-3-2-4-6-18/h2-10,13,15,17H,11-12,14H2,1H3. The van der Waals surface area contributed by atoms with Crippen molar-refractivity contribution in [2.75, 3.05) is 20.1 Å². The second kappa shape index (κ2) is 7.05. The third-order valence-corrected chi connectivity index (χ3v) is 5.19. The van der Waals surface area contributed by atoms with Crippen molar-refractivity contribution in [1.82, 2.24) is 24.6 Å². The number of ether oxygens (including phenoxy) is 1. The summed E-state index contributed by atoms with van der Waals surface area (Å²) in [4.78, 5) is 11.1. The molecule has 1 aliphatic rings. The third kappa shape index (κ3) is 3.12. The maximum atomic E-state index is 5.90. The Labute approximate surface area is 163 Å². The van der Waals surface area contributed by atoms with Crippen molar-refractivity contribution in [2.45, 2.75) is 12.5 Å². The summed E-state index contributed by atoms with van der Waals surface area (Å²) in [6.45, 7) is 2.07. The van der Waals surface area contributed by atoms with E-state index < -0.39 is 0 Å². The molecule has 6 nitrogen and oxygen atoms in total. The first-order valence-electron chi connectivity index (χ1n) is 9.48. The molecule has 4 aromatic rings. The highest BCUT2D eigenvalue weighted by molar-refractivity contribution is 5.90. The Bertz CT molecular complexity index is 1090. The summed E-state index contributed by atoms with van der Waals surface area (Å²) in [5.74, 6) is 1.62. The van der Waals surface area contributed by atoms with Crippen LogP contribution in [0, 0.1) is 0 Å². The molecule has 5 rings (SSSR count). The predicted octanol–water partition coefficient (Wildman–Crippen LogP) is 4.16. The molecule has 1 unspecified atom stereocenters. The van der Waals surface area contributed by atoms with Crippen molar-refractivity contribution >= 4 is 11.0 Å². The minimum atomic E-state index is 0.344. The first kappa shape index (κ1) is 16.9. The van der Waals surface area contributed by atoms with Gasteiger partial charge in [0.05, 0.1) is 11.4 Å². The molecule has 0 amide bonds. The van der Waals surface area contributed by atoms with Crippen LogP contribution in [0.15, 0.2) is 67.1 Å². The summed E-state index contributed by atoms with van der Waals surface area (Å²) in [6, 6.07) is 18.2. The maximum absolute atomic E-state index is 5.90. The van der Waals surface area contributed by atoms with Gasteiger partial charge in [-0.05, 0) is 49.9 Å². The molecular formula is C22H21N5O. The molecule has 0 aliphatic carbocycles. The Kier molecular flexibility index (Phi) is 4.25. The molecule has 1 saturated heterocycles. The van der Waals surface area contributed by atoms with E-state index in [1.54, 1.807) is 6.33 Å². The Balaban J connectivity index is 1.49. The van der Waals surface area contributed by atoms with Crippen LogP contribution in [0.1, 0.15) is 12.5 Å². The topological polar surface area (TPSA) is 56.1 Å². The van der Waals surface area contributed by atoms with Gasteiger partial charge in [-0.3, -0.25) is 0 Å². The molecule has 2 aromatic heterocycles. The van der Waals surface area contributed by atoms with Gasteiger partial charge in [0.2, 0.25) is 0 Å². The largest absolute Gasteiger partial charge is 0.457 e. The van der Waals surface area contributed by atoms with Gasteiger partial charge in [0.25, 0.3) is 0 Å². The van der Waals surface area contributed by atoms with Crippen LogP contribution in [0.3, 0.4) is 0 Å². The van der Waals surface area contributed by atoms with E-state index in [0.717, 1.165) is 53.3 Å². The number of likely N-dealkylation sites (N-methyl/N-ethyl adjacent to an activating group) is 1. The summed E-state index contributed by atoms with van der Waals surface area (Å²) >= 11 is 0. The first-order chi connectivity index (χ1) is 13.8. The molecule has 28 heavy (non-hydrogen) atoms. The van der Waals surface area contributed by atoms with Crippen molar-refractivity contribution in [3.8, 4) is 22.8 Å². The van der Waals surface area contributed by atoms with E-state index in [1.807, 2.05) is 60.8 Å². The number of benzene rings is 2. The van der Waals surface area contributed by atoms with Crippen LogP contribution in [0.5, 0.6) is 11.5 Å². The van der Waals surface area contributed by atoms with Crippen molar-refractivity contribution < 1.29 is 4.74 Å². The van der Waals surface area contributed by atoms with Crippen LogP contribution in [0.25, 0.3) is 22.3 Å². The van der Waals surface area contributed by atoms with Crippen LogP contribution in [0.4, 0.5) is 0 Å². The molecule has 140 valence electrons. The van der Waals surface area contributed by atoms with Crippen LogP contribution in [0.2, 0.25) is 0 Å². The summed E-state index contributed by atoms with van der Waals surface area (Å²) < 4.78 is 7.97. The molecule has 0 N–H and O–H groups in total. The quantitative estimate of drug-likeness (QED) is 0.539. The number of likely N-dealkylation sites (tertiary alicyclic amines) is 1. The van der Waals surface area contributed by atoms with Gasteiger partial charge in [-0.25, -0.2) is 14.6 Å². The minimum absolute atomic E-state index is 0.344. The van der Waals surface area contributed by atoms with E-state index in [9.17, 15) is 0 Å². The maximum Gasteiger partial charge on any atom is 0.162 e. The average Bonchev–Trinajstić information content (AvgIpc) is 3.33. The molecule has 1 aliphatic heterocycles. The van der Waals surface area contributed by atoms with Crippen molar-refractivity contribution in [3.63, 3.8) is 0 Å². The number of hydrogen-bond donors (Lipinski definition) is 0. The smallest absolute Gasteiger partial charge is 0.162 e. The Morgan fingerprint density at radius 2 is 1.79 bits per heavy atom. The molecular weight excluding hydrogens is 350 g/mol. The predicted molar refractivity (Wildman–Crippen MR) is 108 cm³/mol. The lowest BCUT2D eigenvalue weighted by Crippen LogP contribution is -2.17. The van der Waals surface area contributed by atoms with Gasteiger partial charge >= 0.3 is 0 Å². The molecule has 0 saturated carbocycles. The number of nitrogens with zero attached hydrogens (tertiary/aromatic N) is 5. The van der Waals surface area contributed by atoms with Gasteiger partial charge in [-0.15, -0.1) is 0 Å². The van der Waals surface area contributed by atoms with Crippen LogP contribution in [-0.2, 0) is 0 Å². The van der Waals surface area contributed by atoms with E-state index in [-0.39, 0.29) is 0 Å². The van der Waals surface area contributed by atoms with Gasteiger partial charge in [-0.1, -0.05) is 18.2 Å². The second-order valence-electron chi connectivity index (χ2n) is 7.20. The summed E-state index contributed by atoms with van der Waals surface area (Å²) in [6.07, 6.45) is 4.54. The fourth-order valence-electron chi connectivity index (χ4n) is 3.77. The van der Waals surface area contributed by atoms with Gasteiger partial charge < -0.3 is 9.64 Å². The number of para-hydroxylation sites is 1. The molecule has 0 spiro atoms. The average molecular weight is 371 g/mol. The Hall–Kier alpha value is -3.25. The molecule has 3 heterocycles. The van der Waals surface area contributed by atoms with Crippen molar-refractivity contribution in [3.05, 3.63) is 67.1 Å². The van der Waals surface area contributed by atoms with Gasteiger partial charge in [0.1, 0.15) is 23.5 Å². The third-order valence-electron chi connectivity index (χ3n) is 5.19. The lowest BCUT2D eigenvalue weighted by atomic mass is 10.1. The highest BCUT2D eigenvalue weighted by Gasteiger charge is 2.25. The van der Waals surface area contributed by atoms with Crippen molar-refractivity contribution in [2.24, 2.45) is 0 Å². The van der Waals surface area contributed by atoms with E-state index in [2.05, 4.69) is 26.6 Å². The normalized spacial score (nSPS) is 17.2. The van der Waals surface area contributed by atoms with Crippen LogP contribution >= 0.6 is 0 Å². The minimum Gasteiger partial charge on any atom is -0.457 e. The molecule has 6 heteroatoms. The highest BCUT2D eigenvalue weighted by Crippen LogP contribution is 2.32. The first-order valence-corrected chi connectivity index (χ1v) is 9.48. The van der Waals surface area contributed by atoms with E-state index in [1.165, 1.54) is 0 Å². The molecule has 1 fully saturated rings. The zero-order valence-electron chi connectivity index (χ0n) is 15.7. The monoisotopic (exact) mass is 371 g/mol. The fourth-order valence-corrected chi connectivity index (χ4v) is 3.77. The Morgan fingerprint density at radius 3 is 2.54 bits per heavy atom. The Morgan fingerprint density at radius 1 is 1.00 bits per heavy atom. The summed E-state index contributed by atoms with van der Waals surface area (Å²) in [7, 11) is 2.15. The molecule has 1 atom stereocenters. The second-order valence-corrected chi connectivity index (χ2v) is 7.20. The lowest BCUT2D eigenvalue weighted by Gasteiger charge is -2.11.